The molecule has 3 heterocycles. The van der Waals surface area contributed by atoms with Crippen LogP contribution < -0.4 is 0 Å². The van der Waals surface area contributed by atoms with E-state index in [4.69, 9.17) is 16.0 Å². The zero-order chi connectivity index (χ0) is 19.3. The first-order valence-electron chi connectivity index (χ1n) is 10.6. The Hall–Kier alpha value is -1.62. The lowest BCUT2D eigenvalue weighted by Crippen LogP contribution is -2.53. The molecule has 5 heteroatoms. The van der Waals surface area contributed by atoms with Gasteiger partial charge < -0.3 is 4.42 Å². The molecule has 0 N–H and O–H groups in total. The Labute approximate surface area is 172 Å². The molecule has 1 aromatic heterocycles. The van der Waals surface area contributed by atoms with Crippen molar-refractivity contribution >= 4 is 17.4 Å². The van der Waals surface area contributed by atoms with E-state index in [1.807, 2.05) is 12.1 Å². The summed E-state index contributed by atoms with van der Waals surface area (Å²) in [5, 5.41) is 0.730. The van der Waals surface area contributed by atoms with Crippen molar-refractivity contribution in [3.05, 3.63) is 59.0 Å². The highest BCUT2D eigenvalue weighted by Gasteiger charge is 2.40. The van der Waals surface area contributed by atoms with E-state index in [0.29, 0.717) is 5.76 Å². The van der Waals surface area contributed by atoms with E-state index in [1.54, 1.807) is 18.4 Å². The molecule has 0 aliphatic carbocycles. The van der Waals surface area contributed by atoms with Gasteiger partial charge in [-0.05, 0) is 81.7 Å². The summed E-state index contributed by atoms with van der Waals surface area (Å²) >= 11 is 6.17. The molecule has 0 bridgehead atoms. The fourth-order valence-electron chi connectivity index (χ4n) is 4.72. The van der Waals surface area contributed by atoms with Gasteiger partial charge in [0, 0.05) is 5.02 Å². The second-order valence-corrected chi connectivity index (χ2v) is 8.41. The average molecular weight is 401 g/mol. The molecule has 150 valence electrons. The van der Waals surface area contributed by atoms with Crippen molar-refractivity contribution in [1.29, 1.82) is 0 Å². The maximum atomic E-state index is 13.6. The van der Waals surface area contributed by atoms with Crippen LogP contribution in [0.4, 0.5) is 0 Å². The van der Waals surface area contributed by atoms with Gasteiger partial charge in [-0.3, -0.25) is 14.6 Å². The number of hydrogen-bond acceptors (Lipinski definition) is 4. The van der Waals surface area contributed by atoms with Crippen molar-refractivity contribution in [2.75, 3.05) is 26.2 Å². The first-order valence-corrected chi connectivity index (χ1v) is 10.9. The Morgan fingerprint density at radius 2 is 1.46 bits per heavy atom. The summed E-state index contributed by atoms with van der Waals surface area (Å²) in [5.41, 5.74) is 1.17. The molecule has 28 heavy (non-hydrogen) atoms. The first-order chi connectivity index (χ1) is 13.7. The zero-order valence-electron chi connectivity index (χ0n) is 16.4. The smallest absolute Gasteiger partial charge is 0.216 e. The summed E-state index contributed by atoms with van der Waals surface area (Å²) in [4.78, 5) is 18.5. The topological polar surface area (TPSA) is 36.7 Å². The average Bonchev–Trinajstić information content (AvgIpc) is 3.29. The van der Waals surface area contributed by atoms with Crippen LogP contribution in [0.2, 0.25) is 5.02 Å². The van der Waals surface area contributed by atoms with Crippen molar-refractivity contribution < 1.29 is 9.21 Å². The normalized spacial score (nSPS) is 21.3. The Morgan fingerprint density at radius 3 is 2.04 bits per heavy atom. The number of rotatable bonds is 6. The van der Waals surface area contributed by atoms with Crippen LogP contribution in [-0.4, -0.2) is 47.8 Å². The van der Waals surface area contributed by atoms with Gasteiger partial charge in [-0.2, -0.15) is 0 Å². The van der Waals surface area contributed by atoms with Crippen LogP contribution in [-0.2, 0) is 0 Å². The van der Waals surface area contributed by atoms with Crippen LogP contribution in [0, 0.1) is 0 Å². The minimum absolute atomic E-state index is 0.0215. The Balaban J connectivity index is 1.74. The second kappa shape index (κ2) is 9.25. The highest BCUT2D eigenvalue weighted by atomic mass is 35.5. The molecule has 0 saturated carbocycles. The number of likely N-dealkylation sites (tertiary alicyclic amines) is 2. The summed E-state index contributed by atoms with van der Waals surface area (Å²) in [7, 11) is 0. The lowest BCUT2D eigenvalue weighted by molar-refractivity contribution is 0.0405. The van der Waals surface area contributed by atoms with E-state index in [1.165, 1.54) is 31.2 Å². The van der Waals surface area contributed by atoms with Crippen LogP contribution in [0.25, 0.3) is 0 Å². The lowest BCUT2D eigenvalue weighted by Gasteiger charge is -2.44. The maximum absolute atomic E-state index is 13.6. The second-order valence-electron chi connectivity index (χ2n) is 7.98. The van der Waals surface area contributed by atoms with Crippen molar-refractivity contribution in [2.24, 2.45) is 0 Å². The minimum Gasteiger partial charge on any atom is -0.461 e. The van der Waals surface area contributed by atoms with Crippen LogP contribution in [0.15, 0.2) is 47.1 Å². The van der Waals surface area contributed by atoms with Crippen molar-refractivity contribution in [3.63, 3.8) is 0 Å². The van der Waals surface area contributed by atoms with Gasteiger partial charge in [0.15, 0.2) is 5.76 Å². The molecule has 2 aliphatic heterocycles. The third-order valence-corrected chi connectivity index (χ3v) is 6.36. The maximum Gasteiger partial charge on any atom is 0.216 e. The van der Waals surface area contributed by atoms with Gasteiger partial charge in [0.2, 0.25) is 5.78 Å². The summed E-state index contributed by atoms with van der Waals surface area (Å²) in [6.45, 7) is 4.00. The molecule has 2 fully saturated rings. The van der Waals surface area contributed by atoms with Crippen LogP contribution in [0.1, 0.15) is 60.7 Å². The highest BCUT2D eigenvalue weighted by Crippen LogP contribution is 2.34. The highest BCUT2D eigenvalue weighted by molar-refractivity contribution is 6.30. The molecule has 0 radical (unpaired) electrons. The minimum atomic E-state index is -0.231. The van der Waals surface area contributed by atoms with Gasteiger partial charge in [-0.25, -0.2) is 0 Å². The number of benzene rings is 1. The first kappa shape index (κ1) is 19.7. The van der Waals surface area contributed by atoms with E-state index in [2.05, 4.69) is 21.9 Å². The fraction of sp³-hybridized carbons (Fsp3) is 0.522. The van der Waals surface area contributed by atoms with Gasteiger partial charge in [0.25, 0.3) is 0 Å². The molecule has 0 unspecified atom stereocenters. The zero-order valence-corrected chi connectivity index (χ0v) is 17.1. The monoisotopic (exact) mass is 400 g/mol. The number of carbonyl (C=O) groups excluding carboxylic acids is 1. The summed E-state index contributed by atoms with van der Waals surface area (Å²) in [5.74, 6) is 0.559. The number of hydrogen-bond donors (Lipinski definition) is 0. The molecule has 2 aromatic rings. The number of piperidine rings is 2. The lowest BCUT2D eigenvalue weighted by atomic mass is 9.89. The largest absolute Gasteiger partial charge is 0.461 e. The van der Waals surface area contributed by atoms with E-state index in [9.17, 15) is 4.79 Å². The number of ketones is 1. The third kappa shape index (κ3) is 4.35. The number of halogens is 1. The van der Waals surface area contributed by atoms with Crippen molar-refractivity contribution in [1.82, 2.24) is 9.80 Å². The standard InChI is InChI=1S/C23H29ClN2O2/c24-19-11-9-18(10-12-19)21(25-13-3-1-4-14-25)22(26-15-5-2-6-16-26)23(27)20-8-7-17-28-20/h7-12,17,21-22H,1-6,13-16H2/t21-,22+/m1/s1. The van der Waals surface area contributed by atoms with Gasteiger partial charge in [-0.15, -0.1) is 0 Å². The Morgan fingerprint density at radius 1 is 0.857 bits per heavy atom. The van der Waals surface area contributed by atoms with E-state index < -0.39 is 0 Å². The van der Waals surface area contributed by atoms with Crippen molar-refractivity contribution in [3.8, 4) is 0 Å². The Kier molecular flexibility index (Phi) is 6.50. The third-order valence-electron chi connectivity index (χ3n) is 6.11. The molecule has 1 aromatic carbocycles. The van der Waals surface area contributed by atoms with Gasteiger partial charge in [-0.1, -0.05) is 36.6 Å². The van der Waals surface area contributed by atoms with E-state index >= 15 is 0 Å². The molecular weight excluding hydrogens is 372 g/mol. The van der Waals surface area contributed by atoms with Crippen LogP contribution >= 0.6 is 11.6 Å². The predicted molar refractivity (Wildman–Crippen MR) is 112 cm³/mol. The molecule has 0 amide bonds. The van der Waals surface area contributed by atoms with Crippen molar-refractivity contribution in [2.45, 2.75) is 50.6 Å². The quantitative estimate of drug-likeness (QED) is 0.624. The van der Waals surface area contributed by atoms with Gasteiger partial charge in [0.1, 0.15) is 0 Å². The Bertz CT molecular complexity index is 747. The molecule has 2 atom stereocenters. The van der Waals surface area contributed by atoms with Crippen LogP contribution in [0.5, 0.6) is 0 Å². The predicted octanol–water partition coefficient (Wildman–Crippen LogP) is 5.20. The summed E-state index contributed by atoms with van der Waals surface area (Å²) < 4.78 is 5.54. The van der Waals surface area contributed by atoms with E-state index in [0.717, 1.165) is 44.0 Å². The number of furan rings is 1. The SMILES string of the molecule is O=C(c1ccco1)[C@H]([C@@H](c1ccc(Cl)cc1)N1CCCCC1)N1CCCCC1. The molecule has 2 saturated heterocycles. The number of Topliss-reactive ketones (excluding diaryl/α,β-unsaturated/α-hetero) is 1. The van der Waals surface area contributed by atoms with E-state index in [-0.39, 0.29) is 17.9 Å². The fourth-order valence-corrected chi connectivity index (χ4v) is 4.85. The molecule has 4 nitrogen and oxygen atoms in total. The molecule has 4 rings (SSSR count). The molecule has 2 aliphatic rings. The summed E-state index contributed by atoms with van der Waals surface area (Å²) in [6.07, 6.45) is 8.78. The van der Waals surface area contributed by atoms with Gasteiger partial charge in [0.05, 0.1) is 18.3 Å². The molecule has 0 spiro atoms. The van der Waals surface area contributed by atoms with Gasteiger partial charge >= 0.3 is 0 Å². The van der Waals surface area contributed by atoms with Crippen LogP contribution in [0.3, 0.4) is 0 Å². The number of nitrogens with zero attached hydrogens (tertiary/aromatic N) is 2. The number of carbonyl (C=O) groups is 1. The summed E-state index contributed by atoms with van der Waals surface area (Å²) in [6, 6.07) is 11.5. The molecular formula is C23H29ClN2O2.